The Labute approximate surface area is 160 Å². The molecule has 0 spiro atoms. The summed E-state index contributed by atoms with van der Waals surface area (Å²) in [6, 6.07) is 11.0. The third kappa shape index (κ3) is 2.93. The monoisotopic (exact) mass is 374 g/mol. The fourth-order valence-corrected chi connectivity index (χ4v) is 3.02. The second-order valence-electron chi connectivity index (χ2n) is 6.68. The molecule has 28 heavy (non-hydrogen) atoms. The summed E-state index contributed by atoms with van der Waals surface area (Å²) in [4.78, 5) is 12.8. The maximum atomic E-state index is 12.8. The molecule has 0 aliphatic carbocycles. The predicted octanol–water partition coefficient (Wildman–Crippen LogP) is 3.40. The van der Waals surface area contributed by atoms with Gasteiger partial charge in [-0.1, -0.05) is 0 Å². The minimum Gasteiger partial charge on any atom is -0.494 e. The molecule has 0 aliphatic heterocycles. The fraction of sp³-hybridized carbons (Fsp3) is 0.200. The van der Waals surface area contributed by atoms with Crippen LogP contribution in [0.4, 0.5) is 5.69 Å². The Bertz CT molecular complexity index is 1250. The molecule has 0 unspecified atom stereocenters. The lowest BCUT2D eigenvalue weighted by molar-refractivity contribution is 0.102. The average molecular weight is 374 g/mol. The van der Waals surface area contributed by atoms with Crippen molar-refractivity contribution in [3.63, 3.8) is 0 Å². The van der Waals surface area contributed by atoms with Crippen LogP contribution in [0.1, 0.15) is 35.9 Å². The summed E-state index contributed by atoms with van der Waals surface area (Å²) in [5.41, 5.74) is 2.81. The van der Waals surface area contributed by atoms with Crippen molar-refractivity contribution in [1.29, 1.82) is 5.26 Å². The van der Waals surface area contributed by atoms with E-state index in [0.717, 1.165) is 10.9 Å². The minimum absolute atomic E-state index is 0.230. The van der Waals surface area contributed by atoms with E-state index in [2.05, 4.69) is 15.5 Å². The smallest absolute Gasteiger partial charge is 0.274 e. The van der Waals surface area contributed by atoms with Gasteiger partial charge in [0.2, 0.25) is 0 Å². The van der Waals surface area contributed by atoms with Crippen molar-refractivity contribution < 1.29 is 9.53 Å². The van der Waals surface area contributed by atoms with Crippen molar-refractivity contribution in [3.8, 4) is 11.8 Å². The van der Waals surface area contributed by atoms with Crippen molar-refractivity contribution in [2.75, 3.05) is 12.4 Å². The Kier molecular flexibility index (Phi) is 4.20. The maximum absolute atomic E-state index is 12.8. The summed E-state index contributed by atoms with van der Waals surface area (Å²) in [6.45, 7) is 4.10. The van der Waals surface area contributed by atoms with Gasteiger partial charge in [-0.3, -0.25) is 9.48 Å². The van der Waals surface area contributed by atoms with E-state index in [4.69, 9.17) is 10.00 Å². The van der Waals surface area contributed by atoms with Gasteiger partial charge in [0.15, 0.2) is 0 Å². The van der Waals surface area contributed by atoms with Gasteiger partial charge in [0.1, 0.15) is 17.5 Å². The lowest BCUT2D eigenvalue weighted by Gasteiger charge is -2.10. The molecule has 140 valence electrons. The largest absolute Gasteiger partial charge is 0.494 e. The van der Waals surface area contributed by atoms with E-state index in [1.54, 1.807) is 31.4 Å². The van der Waals surface area contributed by atoms with Crippen LogP contribution < -0.4 is 10.1 Å². The molecular formula is C20H18N6O2. The van der Waals surface area contributed by atoms with Crippen LogP contribution in [-0.4, -0.2) is 32.4 Å². The number of fused-ring (bicyclic) bond motifs is 2. The molecule has 0 atom stereocenters. The van der Waals surface area contributed by atoms with Crippen LogP contribution >= 0.6 is 0 Å². The van der Waals surface area contributed by atoms with Crippen molar-refractivity contribution in [1.82, 2.24) is 19.4 Å². The molecule has 4 aromatic rings. The molecule has 1 N–H and O–H groups in total. The van der Waals surface area contributed by atoms with Gasteiger partial charge in [-0.2, -0.15) is 15.5 Å². The van der Waals surface area contributed by atoms with Crippen LogP contribution in [0.3, 0.4) is 0 Å². The topological polar surface area (TPSA) is 97.2 Å². The van der Waals surface area contributed by atoms with Crippen LogP contribution in [0.2, 0.25) is 0 Å². The van der Waals surface area contributed by atoms with Gasteiger partial charge in [0.05, 0.1) is 35.6 Å². The number of nitriles is 1. The SMILES string of the molecule is COc1cc2nn(C(C)C)cc2cc1NC(=O)c1ccc2cc(C#N)cnn12. The molecule has 0 bridgehead atoms. The second-order valence-corrected chi connectivity index (χ2v) is 6.68. The van der Waals surface area contributed by atoms with Gasteiger partial charge in [-0.25, -0.2) is 4.52 Å². The molecule has 3 aromatic heterocycles. The van der Waals surface area contributed by atoms with Crippen LogP contribution in [-0.2, 0) is 0 Å². The highest BCUT2D eigenvalue weighted by molar-refractivity contribution is 6.05. The summed E-state index contributed by atoms with van der Waals surface area (Å²) in [7, 11) is 1.55. The van der Waals surface area contributed by atoms with Gasteiger partial charge in [0.25, 0.3) is 5.91 Å². The summed E-state index contributed by atoms with van der Waals surface area (Å²) >= 11 is 0. The first-order chi connectivity index (χ1) is 13.5. The molecular weight excluding hydrogens is 356 g/mol. The lowest BCUT2D eigenvalue weighted by atomic mass is 10.2. The second kappa shape index (κ2) is 6.70. The number of nitrogens with one attached hydrogen (secondary N) is 1. The maximum Gasteiger partial charge on any atom is 0.274 e. The van der Waals surface area contributed by atoms with E-state index in [0.29, 0.717) is 28.2 Å². The molecule has 0 radical (unpaired) electrons. The molecule has 0 saturated carbocycles. The third-order valence-electron chi connectivity index (χ3n) is 4.48. The van der Waals surface area contributed by atoms with Gasteiger partial charge in [0, 0.05) is 23.7 Å². The standard InChI is InChI=1S/C20H18N6O2/c1-12(2)25-11-14-7-17(19(28-3)8-16(14)24-25)23-20(27)18-5-4-15-6-13(9-21)10-22-26(15)18/h4-8,10-12H,1-3H3,(H,23,27). The van der Waals surface area contributed by atoms with Crippen molar-refractivity contribution in [3.05, 3.63) is 54.0 Å². The molecule has 1 aromatic carbocycles. The highest BCUT2D eigenvalue weighted by Gasteiger charge is 2.16. The number of aromatic nitrogens is 4. The quantitative estimate of drug-likeness (QED) is 0.590. The first-order valence-electron chi connectivity index (χ1n) is 8.76. The Balaban J connectivity index is 1.71. The molecule has 0 saturated heterocycles. The van der Waals surface area contributed by atoms with E-state index >= 15 is 0 Å². The number of rotatable bonds is 4. The van der Waals surface area contributed by atoms with Gasteiger partial charge in [-0.05, 0) is 38.1 Å². The number of carbonyl (C=O) groups excluding carboxylic acids is 1. The van der Waals surface area contributed by atoms with Crippen molar-refractivity contribution in [2.24, 2.45) is 0 Å². The number of carbonyl (C=O) groups is 1. The predicted molar refractivity (Wildman–Crippen MR) is 105 cm³/mol. The summed E-state index contributed by atoms with van der Waals surface area (Å²) in [6.07, 6.45) is 3.36. The molecule has 1 amide bonds. The normalized spacial score (nSPS) is 11.1. The van der Waals surface area contributed by atoms with Crippen LogP contribution in [0.25, 0.3) is 16.4 Å². The lowest BCUT2D eigenvalue weighted by Crippen LogP contribution is -2.15. The number of benzene rings is 1. The number of amides is 1. The molecule has 0 aliphatic rings. The molecule has 4 rings (SSSR count). The molecule has 3 heterocycles. The average Bonchev–Trinajstić information content (AvgIpc) is 3.30. The Morgan fingerprint density at radius 3 is 2.82 bits per heavy atom. The van der Waals surface area contributed by atoms with Gasteiger partial charge >= 0.3 is 0 Å². The van der Waals surface area contributed by atoms with Crippen LogP contribution in [0.5, 0.6) is 5.75 Å². The molecule has 8 heteroatoms. The number of hydrogen-bond donors (Lipinski definition) is 1. The van der Waals surface area contributed by atoms with E-state index in [9.17, 15) is 4.79 Å². The zero-order chi connectivity index (χ0) is 19.8. The Hall–Kier alpha value is -3.86. The van der Waals surface area contributed by atoms with Crippen molar-refractivity contribution in [2.45, 2.75) is 19.9 Å². The van der Waals surface area contributed by atoms with E-state index < -0.39 is 0 Å². The number of anilines is 1. The van der Waals surface area contributed by atoms with Gasteiger partial charge in [-0.15, -0.1) is 0 Å². The zero-order valence-corrected chi connectivity index (χ0v) is 15.7. The van der Waals surface area contributed by atoms with E-state index in [1.807, 2.05) is 36.9 Å². The highest BCUT2D eigenvalue weighted by atomic mass is 16.5. The first kappa shape index (κ1) is 17.5. The van der Waals surface area contributed by atoms with Crippen molar-refractivity contribution >= 4 is 28.0 Å². The molecule has 0 fully saturated rings. The van der Waals surface area contributed by atoms with E-state index in [1.165, 1.54) is 10.7 Å². The number of hydrogen-bond acceptors (Lipinski definition) is 5. The van der Waals surface area contributed by atoms with Gasteiger partial charge < -0.3 is 10.1 Å². The highest BCUT2D eigenvalue weighted by Crippen LogP contribution is 2.30. The number of nitrogens with zero attached hydrogens (tertiary/aromatic N) is 5. The van der Waals surface area contributed by atoms with E-state index in [-0.39, 0.29) is 11.9 Å². The Morgan fingerprint density at radius 1 is 1.29 bits per heavy atom. The summed E-state index contributed by atoms with van der Waals surface area (Å²) in [5, 5.41) is 21.5. The fourth-order valence-electron chi connectivity index (χ4n) is 3.02. The van der Waals surface area contributed by atoms with Crippen LogP contribution in [0, 0.1) is 11.3 Å². The van der Waals surface area contributed by atoms with Crippen LogP contribution in [0.15, 0.2) is 42.7 Å². The summed E-state index contributed by atoms with van der Waals surface area (Å²) < 4.78 is 8.80. The minimum atomic E-state index is -0.328. The first-order valence-corrected chi connectivity index (χ1v) is 8.76. The number of methoxy groups -OCH3 is 1. The summed E-state index contributed by atoms with van der Waals surface area (Å²) in [5.74, 6) is 0.196. The third-order valence-corrected chi connectivity index (χ3v) is 4.48. The zero-order valence-electron chi connectivity index (χ0n) is 15.7. The molecule has 8 nitrogen and oxygen atoms in total. The number of ether oxygens (including phenoxy) is 1. The Morgan fingerprint density at radius 2 is 2.11 bits per heavy atom.